The van der Waals surface area contributed by atoms with E-state index >= 15 is 0 Å². The highest BCUT2D eigenvalue weighted by Crippen LogP contribution is 2.28. The maximum atomic E-state index is 13.2. The Kier molecular flexibility index (Phi) is 7.59. The Balaban J connectivity index is 2.38. The van der Waals surface area contributed by atoms with Gasteiger partial charge in [0, 0.05) is 5.02 Å². The molecule has 1 amide bonds. The van der Waals surface area contributed by atoms with Crippen LogP contribution in [0, 0.1) is 27.7 Å². The molecule has 2 rings (SSSR count). The van der Waals surface area contributed by atoms with Crippen molar-refractivity contribution in [1.82, 2.24) is 5.32 Å². The van der Waals surface area contributed by atoms with E-state index in [0.29, 0.717) is 17.1 Å². The number of carbonyl (C=O) groups is 1. The van der Waals surface area contributed by atoms with E-state index in [1.165, 1.54) is 5.56 Å². The van der Waals surface area contributed by atoms with Gasteiger partial charge in [-0.3, -0.25) is 9.10 Å². The number of nitrogens with zero attached hydrogens (tertiary/aromatic N) is 1. The highest BCUT2D eigenvalue weighted by Gasteiger charge is 2.32. The maximum Gasteiger partial charge on any atom is 0.244 e. The Morgan fingerprint density at radius 3 is 2.17 bits per heavy atom. The van der Waals surface area contributed by atoms with Gasteiger partial charge in [0.2, 0.25) is 15.9 Å². The van der Waals surface area contributed by atoms with Crippen molar-refractivity contribution in [2.24, 2.45) is 0 Å². The van der Waals surface area contributed by atoms with Gasteiger partial charge in [0.05, 0.1) is 18.0 Å². The lowest BCUT2D eigenvalue weighted by Gasteiger charge is -2.31. The second-order valence-corrected chi connectivity index (χ2v) is 10.2. The molecule has 0 aliphatic carbocycles. The zero-order chi connectivity index (χ0) is 22.8. The fourth-order valence-electron chi connectivity index (χ4n) is 3.62. The summed E-state index contributed by atoms with van der Waals surface area (Å²) in [5.74, 6) is -0.343. The molecule has 2 aromatic rings. The normalized spacial score (nSPS) is 13.6. The first-order chi connectivity index (χ1) is 13.9. The first-order valence-electron chi connectivity index (χ1n) is 10.0. The third-order valence-corrected chi connectivity index (χ3v) is 7.03. The van der Waals surface area contributed by atoms with Crippen LogP contribution in [0.4, 0.5) is 5.69 Å². The molecule has 0 unspecified atom stereocenters. The van der Waals surface area contributed by atoms with Crippen LogP contribution in [-0.4, -0.2) is 26.6 Å². The van der Waals surface area contributed by atoms with Gasteiger partial charge >= 0.3 is 0 Å². The van der Waals surface area contributed by atoms with Crippen molar-refractivity contribution in [3.05, 3.63) is 63.2 Å². The summed E-state index contributed by atoms with van der Waals surface area (Å²) >= 11 is 6.22. The molecule has 7 heteroatoms. The van der Waals surface area contributed by atoms with Gasteiger partial charge < -0.3 is 5.32 Å². The average molecular weight is 451 g/mol. The van der Waals surface area contributed by atoms with Gasteiger partial charge in [0.15, 0.2) is 0 Å². The SMILES string of the molecule is CC[C@@H](C(=O)N[C@@H](C)c1cc(C)c(C)cc1C)N(c1ccc(C)c(Cl)c1)S(C)(=O)=O. The maximum absolute atomic E-state index is 13.2. The van der Waals surface area contributed by atoms with E-state index in [2.05, 4.69) is 24.4 Å². The summed E-state index contributed by atoms with van der Waals surface area (Å²) < 4.78 is 26.4. The Morgan fingerprint density at radius 2 is 1.63 bits per heavy atom. The second-order valence-electron chi connectivity index (χ2n) is 7.94. The summed E-state index contributed by atoms with van der Waals surface area (Å²) in [7, 11) is -3.71. The number of benzene rings is 2. The summed E-state index contributed by atoms with van der Waals surface area (Å²) in [6.45, 7) is 11.7. The first-order valence-corrected chi connectivity index (χ1v) is 12.2. The molecule has 5 nitrogen and oxygen atoms in total. The molecule has 2 atom stereocenters. The van der Waals surface area contributed by atoms with Crippen LogP contribution in [0.3, 0.4) is 0 Å². The van der Waals surface area contributed by atoms with E-state index in [-0.39, 0.29) is 11.9 Å². The Labute approximate surface area is 185 Å². The van der Waals surface area contributed by atoms with E-state index in [1.807, 2.05) is 27.7 Å². The van der Waals surface area contributed by atoms with Crippen molar-refractivity contribution >= 4 is 33.2 Å². The molecule has 0 aliphatic heterocycles. The second kappa shape index (κ2) is 9.40. The minimum Gasteiger partial charge on any atom is -0.348 e. The molecule has 164 valence electrons. The van der Waals surface area contributed by atoms with Crippen molar-refractivity contribution in [2.75, 3.05) is 10.6 Å². The van der Waals surface area contributed by atoms with Crippen LogP contribution in [0.5, 0.6) is 0 Å². The Hall–Kier alpha value is -2.05. The monoisotopic (exact) mass is 450 g/mol. The molecule has 0 bridgehead atoms. The van der Waals surface area contributed by atoms with E-state index in [1.54, 1.807) is 25.1 Å². The largest absolute Gasteiger partial charge is 0.348 e. The van der Waals surface area contributed by atoms with Gasteiger partial charge in [-0.1, -0.05) is 36.7 Å². The van der Waals surface area contributed by atoms with Crippen LogP contribution in [0.25, 0.3) is 0 Å². The standard InChI is InChI=1S/C23H31ClN2O3S/c1-8-22(26(30(7,28)29)19-10-9-14(2)21(24)13-19)23(27)25-18(6)20-12-16(4)15(3)11-17(20)5/h9-13,18,22H,8H2,1-7H3,(H,25,27)/t18-,22-/m0/s1. The molecule has 0 saturated carbocycles. The highest BCUT2D eigenvalue weighted by atomic mass is 35.5. The van der Waals surface area contributed by atoms with Crippen molar-refractivity contribution in [3.8, 4) is 0 Å². The van der Waals surface area contributed by atoms with Crippen LogP contribution < -0.4 is 9.62 Å². The number of carbonyl (C=O) groups excluding carboxylic acids is 1. The summed E-state index contributed by atoms with van der Waals surface area (Å²) in [6, 6.07) is 8.05. The van der Waals surface area contributed by atoms with Crippen LogP contribution >= 0.6 is 11.6 Å². The minimum absolute atomic E-state index is 0.256. The fraction of sp³-hybridized carbons (Fsp3) is 0.435. The lowest BCUT2D eigenvalue weighted by molar-refractivity contribution is -0.122. The number of amides is 1. The lowest BCUT2D eigenvalue weighted by atomic mass is 9.96. The molecular formula is C23H31ClN2O3S. The predicted molar refractivity (Wildman–Crippen MR) is 125 cm³/mol. The number of nitrogens with one attached hydrogen (secondary N) is 1. The third-order valence-electron chi connectivity index (χ3n) is 5.45. The van der Waals surface area contributed by atoms with Gasteiger partial charge in [-0.05, 0) is 81.0 Å². The zero-order valence-corrected chi connectivity index (χ0v) is 20.3. The molecule has 0 aromatic heterocycles. The fourth-order valence-corrected chi connectivity index (χ4v) is 4.99. The summed E-state index contributed by atoms with van der Waals surface area (Å²) in [5.41, 5.74) is 5.67. The Morgan fingerprint density at radius 1 is 1.03 bits per heavy atom. The number of halogens is 1. The molecule has 1 N–H and O–H groups in total. The molecule has 0 radical (unpaired) electrons. The summed E-state index contributed by atoms with van der Waals surface area (Å²) in [6.07, 6.45) is 1.43. The molecule has 0 heterocycles. The number of aryl methyl sites for hydroxylation is 4. The lowest BCUT2D eigenvalue weighted by Crippen LogP contribution is -2.49. The number of hydrogen-bond donors (Lipinski definition) is 1. The van der Waals surface area contributed by atoms with Crippen LogP contribution in [-0.2, 0) is 14.8 Å². The number of anilines is 1. The van der Waals surface area contributed by atoms with Crippen molar-refractivity contribution in [1.29, 1.82) is 0 Å². The van der Waals surface area contributed by atoms with E-state index in [0.717, 1.165) is 32.8 Å². The van der Waals surface area contributed by atoms with Crippen molar-refractivity contribution in [2.45, 2.75) is 60.0 Å². The number of sulfonamides is 1. The summed E-state index contributed by atoms with van der Waals surface area (Å²) in [5, 5.41) is 3.46. The topological polar surface area (TPSA) is 66.5 Å². The van der Waals surface area contributed by atoms with Gasteiger partial charge in [0.1, 0.15) is 6.04 Å². The average Bonchev–Trinajstić information content (AvgIpc) is 2.63. The first kappa shape index (κ1) is 24.2. The molecule has 0 spiro atoms. The molecule has 0 fully saturated rings. The van der Waals surface area contributed by atoms with Crippen LogP contribution in [0.2, 0.25) is 5.02 Å². The number of rotatable bonds is 7. The highest BCUT2D eigenvalue weighted by molar-refractivity contribution is 7.92. The third kappa shape index (κ3) is 5.35. The summed E-state index contributed by atoms with van der Waals surface area (Å²) in [4.78, 5) is 13.2. The number of hydrogen-bond acceptors (Lipinski definition) is 3. The Bertz CT molecular complexity index is 1050. The minimum atomic E-state index is -3.71. The van der Waals surface area contributed by atoms with Crippen molar-refractivity contribution < 1.29 is 13.2 Å². The van der Waals surface area contributed by atoms with Crippen LogP contribution in [0.15, 0.2) is 30.3 Å². The quantitative estimate of drug-likeness (QED) is 0.645. The zero-order valence-electron chi connectivity index (χ0n) is 18.7. The van der Waals surface area contributed by atoms with Crippen molar-refractivity contribution in [3.63, 3.8) is 0 Å². The molecule has 30 heavy (non-hydrogen) atoms. The molecule has 0 aliphatic rings. The van der Waals surface area contributed by atoms with Gasteiger partial charge in [-0.15, -0.1) is 0 Å². The smallest absolute Gasteiger partial charge is 0.244 e. The molecule has 0 saturated heterocycles. The van der Waals surface area contributed by atoms with Crippen LogP contribution in [0.1, 0.15) is 54.1 Å². The van der Waals surface area contributed by atoms with Gasteiger partial charge in [-0.2, -0.15) is 0 Å². The molecule has 2 aromatic carbocycles. The van der Waals surface area contributed by atoms with E-state index < -0.39 is 16.1 Å². The molecular weight excluding hydrogens is 420 g/mol. The van der Waals surface area contributed by atoms with E-state index in [9.17, 15) is 13.2 Å². The van der Waals surface area contributed by atoms with Gasteiger partial charge in [-0.25, -0.2) is 8.42 Å². The van der Waals surface area contributed by atoms with Gasteiger partial charge in [0.25, 0.3) is 0 Å². The predicted octanol–water partition coefficient (Wildman–Crippen LogP) is 5.00. The van der Waals surface area contributed by atoms with E-state index in [4.69, 9.17) is 11.6 Å².